The van der Waals surface area contributed by atoms with Crippen LogP contribution in [0.25, 0.3) is 0 Å². The van der Waals surface area contributed by atoms with Crippen molar-refractivity contribution < 1.29 is 14.5 Å². The highest BCUT2D eigenvalue weighted by Gasteiger charge is 2.47. The Morgan fingerprint density at radius 1 is 1.47 bits per heavy atom. The van der Waals surface area contributed by atoms with E-state index < -0.39 is 0 Å². The van der Waals surface area contributed by atoms with Gasteiger partial charge in [-0.2, -0.15) is 0 Å². The topological polar surface area (TPSA) is 27.7 Å². The van der Waals surface area contributed by atoms with Crippen LogP contribution in [0.5, 0.6) is 5.75 Å². The maximum Gasteiger partial charge on any atom is 0.150 e. The second-order valence-corrected chi connectivity index (χ2v) is 4.00. The number of benzene rings is 1. The molecule has 0 radical (unpaired) electrons. The molecular weight excluding hydrogens is 192 g/mol. The lowest BCUT2D eigenvalue weighted by molar-refractivity contribution is -0.511. The van der Waals surface area contributed by atoms with Crippen molar-refractivity contribution in [2.24, 2.45) is 0 Å². The Labute approximate surface area is 89.9 Å². The third kappa shape index (κ3) is 1.73. The van der Waals surface area contributed by atoms with Gasteiger partial charge in [-0.25, -0.2) is 9.78 Å². The Kier molecular flexibility index (Phi) is 2.67. The SMILES string of the molecule is CCC1(C)OOC1c1cccc(OC)c1. The van der Waals surface area contributed by atoms with Gasteiger partial charge in [-0.3, -0.25) is 0 Å². The zero-order chi connectivity index (χ0) is 10.9. The van der Waals surface area contributed by atoms with Gasteiger partial charge in [-0.05, 0) is 31.0 Å². The monoisotopic (exact) mass is 208 g/mol. The Hall–Kier alpha value is -1.06. The van der Waals surface area contributed by atoms with Crippen molar-refractivity contribution >= 4 is 0 Å². The highest BCUT2D eigenvalue weighted by Crippen LogP contribution is 2.44. The van der Waals surface area contributed by atoms with Gasteiger partial charge in [0.2, 0.25) is 0 Å². The Morgan fingerprint density at radius 3 is 2.80 bits per heavy atom. The number of hydrogen-bond donors (Lipinski definition) is 0. The summed E-state index contributed by atoms with van der Waals surface area (Å²) in [7, 11) is 1.66. The van der Waals surface area contributed by atoms with Gasteiger partial charge in [-0.15, -0.1) is 0 Å². The van der Waals surface area contributed by atoms with Crippen LogP contribution in [0.15, 0.2) is 24.3 Å². The van der Waals surface area contributed by atoms with E-state index in [1.807, 2.05) is 24.3 Å². The minimum absolute atomic E-state index is 0.0117. The van der Waals surface area contributed by atoms with E-state index in [-0.39, 0.29) is 11.7 Å². The zero-order valence-corrected chi connectivity index (χ0v) is 9.32. The number of rotatable bonds is 3. The highest BCUT2D eigenvalue weighted by atomic mass is 17.3. The molecule has 0 aromatic heterocycles. The van der Waals surface area contributed by atoms with Crippen LogP contribution in [0.1, 0.15) is 31.9 Å². The van der Waals surface area contributed by atoms with Crippen molar-refractivity contribution in [1.29, 1.82) is 0 Å². The summed E-state index contributed by atoms with van der Waals surface area (Å²) in [6.45, 7) is 4.15. The van der Waals surface area contributed by atoms with Crippen LogP contribution >= 0.6 is 0 Å². The third-order valence-corrected chi connectivity index (χ3v) is 2.99. The molecule has 0 bridgehead atoms. The quantitative estimate of drug-likeness (QED) is 0.715. The van der Waals surface area contributed by atoms with Gasteiger partial charge in [0.25, 0.3) is 0 Å². The molecule has 1 aliphatic heterocycles. The molecule has 3 heteroatoms. The first kappa shape index (κ1) is 10.5. The smallest absolute Gasteiger partial charge is 0.150 e. The maximum absolute atomic E-state index is 5.18. The van der Waals surface area contributed by atoms with Crippen molar-refractivity contribution in [2.75, 3.05) is 7.11 Å². The van der Waals surface area contributed by atoms with E-state index in [2.05, 4.69) is 13.8 Å². The molecule has 0 aliphatic carbocycles. The lowest BCUT2D eigenvalue weighted by atomic mass is 9.89. The molecule has 82 valence electrons. The molecule has 1 aliphatic rings. The van der Waals surface area contributed by atoms with Crippen molar-refractivity contribution in [3.63, 3.8) is 0 Å². The molecular formula is C12H16O3. The van der Waals surface area contributed by atoms with Gasteiger partial charge in [0.15, 0.2) is 0 Å². The first-order valence-electron chi connectivity index (χ1n) is 5.18. The lowest BCUT2D eigenvalue weighted by Gasteiger charge is -2.44. The van der Waals surface area contributed by atoms with E-state index in [1.54, 1.807) is 7.11 Å². The normalized spacial score (nSPS) is 29.7. The predicted octanol–water partition coefficient (Wildman–Crippen LogP) is 2.87. The molecule has 1 heterocycles. The second-order valence-electron chi connectivity index (χ2n) is 4.00. The Balaban J connectivity index is 2.23. The van der Waals surface area contributed by atoms with Gasteiger partial charge in [0.05, 0.1) is 7.11 Å². The van der Waals surface area contributed by atoms with Gasteiger partial charge >= 0.3 is 0 Å². The average molecular weight is 208 g/mol. The van der Waals surface area contributed by atoms with Crippen LogP contribution in [0, 0.1) is 0 Å². The fourth-order valence-electron chi connectivity index (χ4n) is 1.72. The van der Waals surface area contributed by atoms with E-state index in [0.29, 0.717) is 0 Å². The molecule has 2 atom stereocenters. The summed E-state index contributed by atoms with van der Waals surface area (Å²) in [6, 6.07) is 7.91. The van der Waals surface area contributed by atoms with Crippen molar-refractivity contribution in [3.8, 4) is 5.75 Å². The number of methoxy groups -OCH3 is 1. The first-order valence-corrected chi connectivity index (χ1v) is 5.18. The predicted molar refractivity (Wildman–Crippen MR) is 56.6 cm³/mol. The molecule has 1 fully saturated rings. The minimum atomic E-state index is -0.202. The molecule has 3 nitrogen and oxygen atoms in total. The average Bonchev–Trinajstić information content (AvgIpc) is 2.27. The number of ether oxygens (including phenoxy) is 1. The van der Waals surface area contributed by atoms with Crippen LogP contribution in [0.4, 0.5) is 0 Å². The highest BCUT2D eigenvalue weighted by molar-refractivity contribution is 5.31. The molecule has 0 saturated carbocycles. The Morgan fingerprint density at radius 2 is 2.27 bits per heavy atom. The summed E-state index contributed by atoms with van der Waals surface area (Å²) in [6.07, 6.45) is 0.937. The molecule has 1 aromatic carbocycles. The zero-order valence-electron chi connectivity index (χ0n) is 9.32. The summed E-state index contributed by atoms with van der Waals surface area (Å²) in [4.78, 5) is 10.3. The van der Waals surface area contributed by atoms with Crippen molar-refractivity contribution in [2.45, 2.75) is 32.0 Å². The standard InChI is InChI=1S/C12H16O3/c1-4-12(2)11(14-15-12)9-6-5-7-10(8-9)13-3/h5-8,11H,4H2,1-3H3. The summed E-state index contributed by atoms with van der Waals surface area (Å²) in [5, 5.41) is 0. The summed E-state index contributed by atoms with van der Waals surface area (Å²) >= 11 is 0. The van der Waals surface area contributed by atoms with Gasteiger partial charge in [0.1, 0.15) is 17.5 Å². The summed E-state index contributed by atoms with van der Waals surface area (Å²) < 4.78 is 5.18. The van der Waals surface area contributed by atoms with Crippen LogP contribution in [0.2, 0.25) is 0 Å². The van der Waals surface area contributed by atoms with Crippen LogP contribution in [-0.4, -0.2) is 12.7 Å². The van der Waals surface area contributed by atoms with E-state index in [4.69, 9.17) is 14.5 Å². The minimum Gasteiger partial charge on any atom is -0.497 e. The molecule has 2 rings (SSSR count). The van der Waals surface area contributed by atoms with Gasteiger partial charge < -0.3 is 4.74 Å². The fourth-order valence-corrected chi connectivity index (χ4v) is 1.72. The molecule has 0 amide bonds. The maximum atomic E-state index is 5.18. The fraction of sp³-hybridized carbons (Fsp3) is 0.500. The van der Waals surface area contributed by atoms with E-state index in [9.17, 15) is 0 Å². The molecule has 0 spiro atoms. The number of hydrogen-bond acceptors (Lipinski definition) is 3. The summed E-state index contributed by atoms with van der Waals surface area (Å²) in [5.74, 6) is 0.849. The molecule has 1 aromatic rings. The van der Waals surface area contributed by atoms with Crippen molar-refractivity contribution in [1.82, 2.24) is 0 Å². The van der Waals surface area contributed by atoms with Crippen LogP contribution in [-0.2, 0) is 9.78 Å². The van der Waals surface area contributed by atoms with Crippen LogP contribution < -0.4 is 4.74 Å². The molecule has 1 saturated heterocycles. The first-order chi connectivity index (χ1) is 7.19. The van der Waals surface area contributed by atoms with Crippen LogP contribution in [0.3, 0.4) is 0 Å². The largest absolute Gasteiger partial charge is 0.497 e. The molecule has 2 unspecified atom stereocenters. The van der Waals surface area contributed by atoms with Gasteiger partial charge in [0, 0.05) is 0 Å². The molecule has 0 N–H and O–H groups in total. The van der Waals surface area contributed by atoms with E-state index in [1.165, 1.54) is 0 Å². The second kappa shape index (κ2) is 3.83. The summed E-state index contributed by atoms with van der Waals surface area (Å²) in [5.41, 5.74) is 0.900. The van der Waals surface area contributed by atoms with Gasteiger partial charge in [-0.1, -0.05) is 19.1 Å². The van der Waals surface area contributed by atoms with E-state index in [0.717, 1.165) is 17.7 Å². The third-order valence-electron chi connectivity index (χ3n) is 2.99. The van der Waals surface area contributed by atoms with E-state index >= 15 is 0 Å². The lowest BCUT2D eigenvalue weighted by Crippen LogP contribution is -2.46. The van der Waals surface area contributed by atoms with Crippen molar-refractivity contribution in [3.05, 3.63) is 29.8 Å². The Bertz CT molecular complexity index is 346. The molecule has 15 heavy (non-hydrogen) atoms.